The summed E-state index contributed by atoms with van der Waals surface area (Å²) in [6.45, 7) is 7.10. The van der Waals surface area contributed by atoms with E-state index in [1.807, 2.05) is 48.5 Å². The van der Waals surface area contributed by atoms with Crippen molar-refractivity contribution < 1.29 is 19.2 Å². The number of para-hydroxylation sites is 1. The lowest BCUT2D eigenvalue weighted by atomic mass is 9.87. The number of carboxylic acids is 1. The molecule has 1 atom stereocenters. The number of carbonyl (C=O) groups is 1. The average molecular weight is 555 g/mol. The van der Waals surface area contributed by atoms with Gasteiger partial charge in [-0.3, -0.25) is 14.3 Å². The van der Waals surface area contributed by atoms with Crippen LogP contribution in [0.4, 0.5) is 0 Å². The van der Waals surface area contributed by atoms with Crippen molar-refractivity contribution in [1.29, 1.82) is 0 Å². The van der Waals surface area contributed by atoms with Gasteiger partial charge in [0.15, 0.2) is 5.82 Å². The molecule has 0 aliphatic carbocycles. The second-order valence-corrected chi connectivity index (χ2v) is 11.4. The number of carboxylic acid groups (broad SMARTS) is 1. The highest BCUT2D eigenvalue weighted by Crippen LogP contribution is 2.26. The molecule has 4 aromatic rings. The van der Waals surface area contributed by atoms with Gasteiger partial charge in [-0.1, -0.05) is 111 Å². The summed E-state index contributed by atoms with van der Waals surface area (Å²) in [7, 11) is 0. The lowest BCUT2D eigenvalue weighted by Gasteiger charge is -2.19. The number of aromatic amines is 1. The van der Waals surface area contributed by atoms with Crippen molar-refractivity contribution in [2.45, 2.75) is 64.9 Å². The van der Waals surface area contributed by atoms with Crippen molar-refractivity contribution in [2.75, 3.05) is 0 Å². The fourth-order valence-corrected chi connectivity index (χ4v) is 4.66. The maximum absolute atomic E-state index is 11.3. The first kappa shape index (κ1) is 29.6. The summed E-state index contributed by atoms with van der Waals surface area (Å²) in [4.78, 5) is 24.8. The standard InChI is InChI=1S/C34H38N2O5/c1-34(2,3)29-20-15-26(16-21-29)23-40-30-10-6-5-9-27(30)17-12-24(8-4-7-11-31(37)38)22-25-13-18-28(19-14-25)32-35-33(39)41-36-32/h5-6,9-10,12-21,24H,4,7-8,11,22-23H2,1-3H3,(H,37,38)(H,35,36,39)/b17-12+. The molecule has 2 N–H and O–H groups in total. The van der Waals surface area contributed by atoms with Crippen LogP contribution in [0.3, 0.4) is 0 Å². The molecule has 1 aromatic heterocycles. The van der Waals surface area contributed by atoms with Crippen molar-refractivity contribution in [1.82, 2.24) is 10.1 Å². The van der Waals surface area contributed by atoms with Crippen molar-refractivity contribution in [3.8, 4) is 17.1 Å². The van der Waals surface area contributed by atoms with Crippen LogP contribution in [0.5, 0.6) is 5.75 Å². The number of aliphatic carboxylic acids is 1. The molecule has 7 nitrogen and oxygen atoms in total. The fraction of sp³-hybridized carbons (Fsp3) is 0.324. The van der Waals surface area contributed by atoms with E-state index in [2.05, 4.69) is 71.9 Å². The number of nitrogens with zero attached hydrogens (tertiary/aromatic N) is 1. The van der Waals surface area contributed by atoms with E-state index in [1.165, 1.54) is 5.56 Å². The van der Waals surface area contributed by atoms with Gasteiger partial charge in [0.1, 0.15) is 12.4 Å². The zero-order chi connectivity index (χ0) is 29.2. The van der Waals surface area contributed by atoms with Gasteiger partial charge in [-0.15, -0.1) is 0 Å². The van der Waals surface area contributed by atoms with Gasteiger partial charge in [-0.25, -0.2) is 4.79 Å². The van der Waals surface area contributed by atoms with Crippen molar-refractivity contribution in [3.05, 3.63) is 112 Å². The van der Waals surface area contributed by atoms with Crippen LogP contribution >= 0.6 is 0 Å². The number of unbranched alkanes of at least 4 members (excludes halogenated alkanes) is 1. The maximum Gasteiger partial charge on any atom is 0.439 e. The highest BCUT2D eigenvalue weighted by atomic mass is 16.5. The number of H-pyrrole nitrogens is 1. The molecule has 7 heteroatoms. The van der Waals surface area contributed by atoms with Gasteiger partial charge in [-0.2, -0.15) is 0 Å². The maximum atomic E-state index is 11.3. The topological polar surface area (TPSA) is 105 Å². The van der Waals surface area contributed by atoms with E-state index in [4.69, 9.17) is 9.84 Å². The molecular formula is C34H38N2O5. The third-order valence-electron chi connectivity index (χ3n) is 7.06. The molecule has 4 rings (SSSR count). The predicted octanol–water partition coefficient (Wildman–Crippen LogP) is 7.42. The summed E-state index contributed by atoms with van der Waals surface area (Å²) >= 11 is 0. The monoisotopic (exact) mass is 554 g/mol. The van der Waals surface area contributed by atoms with E-state index in [-0.39, 0.29) is 17.8 Å². The molecule has 0 aliphatic rings. The Morgan fingerprint density at radius 2 is 1.71 bits per heavy atom. The summed E-state index contributed by atoms with van der Waals surface area (Å²) in [5.41, 5.74) is 5.43. The SMILES string of the molecule is CC(C)(C)c1ccc(COc2ccccc2/C=C/C(CCCCC(=O)O)Cc2ccc(-c3noc(=O)[nH]3)cc2)cc1. The summed E-state index contributed by atoms with van der Waals surface area (Å²) in [5.74, 6) is 0.0724. The van der Waals surface area contributed by atoms with Gasteiger partial charge in [-0.05, 0) is 53.4 Å². The number of hydrogen-bond donors (Lipinski definition) is 2. The van der Waals surface area contributed by atoms with E-state index >= 15 is 0 Å². The second kappa shape index (κ2) is 13.8. The molecule has 214 valence electrons. The Hall–Kier alpha value is -4.39. The molecule has 0 bridgehead atoms. The van der Waals surface area contributed by atoms with Crippen LogP contribution in [-0.2, 0) is 23.2 Å². The molecule has 0 saturated carbocycles. The summed E-state index contributed by atoms with van der Waals surface area (Å²) in [6.07, 6.45) is 7.61. The van der Waals surface area contributed by atoms with Crippen LogP contribution in [0.15, 0.2) is 88.2 Å². The number of allylic oxidation sites excluding steroid dienone is 1. The smallest absolute Gasteiger partial charge is 0.439 e. The van der Waals surface area contributed by atoms with Gasteiger partial charge in [0.25, 0.3) is 0 Å². The summed E-state index contributed by atoms with van der Waals surface area (Å²) in [6, 6.07) is 24.4. The van der Waals surface area contributed by atoms with Gasteiger partial charge >= 0.3 is 11.7 Å². The molecule has 1 unspecified atom stereocenters. The van der Waals surface area contributed by atoms with Crippen LogP contribution in [0, 0.1) is 5.92 Å². The fourth-order valence-electron chi connectivity index (χ4n) is 4.66. The normalized spacial score (nSPS) is 12.5. The number of rotatable bonds is 13. The first-order valence-corrected chi connectivity index (χ1v) is 14.0. The van der Waals surface area contributed by atoms with Gasteiger partial charge in [0, 0.05) is 17.5 Å². The summed E-state index contributed by atoms with van der Waals surface area (Å²) in [5, 5.41) is 12.8. The molecular weight excluding hydrogens is 516 g/mol. The van der Waals surface area contributed by atoms with E-state index in [0.717, 1.165) is 47.3 Å². The minimum atomic E-state index is -0.766. The third kappa shape index (κ3) is 9.07. The highest BCUT2D eigenvalue weighted by molar-refractivity contribution is 5.66. The predicted molar refractivity (Wildman–Crippen MR) is 161 cm³/mol. The number of hydrogen-bond acceptors (Lipinski definition) is 5. The van der Waals surface area contributed by atoms with Crippen LogP contribution in [0.2, 0.25) is 0 Å². The zero-order valence-corrected chi connectivity index (χ0v) is 23.9. The minimum absolute atomic E-state index is 0.111. The Labute approximate surface area is 240 Å². The van der Waals surface area contributed by atoms with Crippen LogP contribution < -0.4 is 10.5 Å². The number of ether oxygens (including phenoxy) is 1. The van der Waals surface area contributed by atoms with Crippen molar-refractivity contribution in [3.63, 3.8) is 0 Å². The molecule has 3 aromatic carbocycles. The van der Waals surface area contributed by atoms with Gasteiger partial charge in [0.05, 0.1) is 0 Å². The van der Waals surface area contributed by atoms with E-state index in [9.17, 15) is 9.59 Å². The molecule has 41 heavy (non-hydrogen) atoms. The molecule has 0 radical (unpaired) electrons. The zero-order valence-electron chi connectivity index (χ0n) is 23.9. The minimum Gasteiger partial charge on any atom is -0.488 e. The Bertz CT molecular complexity index is 1490. The largest absolute Gasteiger partial charge is 0.488 e. The van der Waals surface area contributed by atoms with Crippen LogP contribution in [0.25, 0.3) is 17.5 Å². The Balaban J connectivity index is 1.45. The van der Waals surface area contributed by atoms with Crippen LogP contribution in [0.1, 0.15) is 68.7 Å². The number of nitrogens with one attached hydrogen (secondary N) is 1. The molecule has 0 fully saturated rings. The third-order valence-corrected chi connectivity index (χ3v) is 7.06. The Morgan fingerprint density at radius 1 is 1.00 bits per heavy atom. The van der Waals surface area contributed by atoms with E-state index < -0.39 is 11.7 Å². The van der Waals surface area contributed by atoms with E-state index in [0.29, 0.717) is 18.9 Å². The molecule has 0 aliphatic heterocycles. The number of benzene rings is 3. The quantitative estimate of drug-likeness (QED) is 0.167. The summed E-state index contributed by atoms with van der Waals surface area (Å²) < 4.78 is 10.8. The molecule has 0 amide bonds. The Kier molecular flexibility index (Phi) is 9.95. The first-order valence-electron chi connectivity index (χ1n) is 14.0. The van der Waals surface area contributed by atoms with Gasteiger partial charge < -0.3 is 9.84 Å². The van der Waals surface area contributed by atoms with E-state index in [1.54, 1.807) is 0 Å². The molecule has 0 spiro atoms. The van der Waals surface area contributed by atoms with Gasteiger partial charge in [0.2, 0.25) is 0 Å². The Morgan fingerprint density at radius 3 is 2.37 bits per heavy atom. The lowest BCUT2D eigenvalue weighted by molar-refractivity contribution is -0.137. The van der Waals surface area contributed by atoms with Crippen molar-refractivity contribution in [2.24, 2.45) is 5.92 Å². The van der Waals surface area contributed by atoms with Crippen LogP contribution in [-0.4, -0.2) is 21.2 Å². The molecule has 1 heterocycles. The molecule has 0 saturated heterocycles. The van der Waals surface area contributed by atoms with Crippen molar-refractivity contribution >= 4 is 12.0 Å². The highest BCUT2D eigenvalue weighted by Gasteiger charge is 2.13. The average Bonchev–Trinajstić information content (AvgIpc) is 3.39. The first-order chi connectivity index (χ1) is 19.7. The lowest BCUT2D eigenvalue weighted by Crippen LogP contribution is -2.10. The second-order valence-electron chi connectivity index (χ2n) is 11.4. The number of aromatic nitrogens is 2.